The zero-order valence-corrected chi connectivity index (χ0v) is 12.7. The molecule has 0 aliphatic carbocycles. The van der Waals surface area contributed by atoms with Gasteiger partial charge < -0.3 is 4.74 Å². The molecule has 0 saturated carbocycles. The van der Waals surface area contributed by atoms with Gasteiger partial charge in [0.15, 0.2) is 0 Å². The summed E-state index contributed by atoms with van der Waals surface area (Å²) in [5.41, 5.74) is -0.880. The van der Waals surface area contributed by atoms with Gasteiger partial charge in [-0.05, 0) is 58.9 Å². The van der Waals surface area contributed by atoms with E-state index in [9.17, 15) is 17.7 Å². The van der Waals surface area contributed by atoms with Gasteiger partial charge >= 0.3 is 6.18 Å². The highest BCUT2D eigenvalue weighted by Gasteiger charge is 2.34. The van der Waals surface area contributed by atoms with Gasteiger partial charge in [-0.15, -0.1) is 0 Å². The zero-order chi connectivity index (χ0) is 15.7. The van der Waals surface area contributed by atoms with Crippen LogP contribution in [0.4, 0.5) is 13.2 Å². The maximum atomic E-state index is 12.8. The van der Waals surface area contributed by atoms with Crippen molar-refractivity contribution in [3.05, 3.63) is 54.1 Å². The van der Waals surface area contributed by atoms with E-state index >= 15 is 0 Å². The highest BCUT2D eigenvalue weighted by atomic mass is 35.9. The fourth-order valence-corrected chi connectivity index (χ4v) is 2.78. The summed E-state index contributed by atoms with van der Waals surface area (Å²) >= 11 is 11.0. The Hall–Kier alpha value is -1.16. The number of halogens is 5. The Morgan fingerprint density at radius 1 is 0.952 bits per heavy atom. The van der Waals surface area contributed by atoms with Gasteiger partial charge in [-0.2, -0.15) is 13.2 Å². The molecule has 0 aliphatic heterocycles. The lowest BCUT2D eigenvalue weighted by atomic mass is 10.2. The molecular weight excluding hydrogens is 347 g/mol. The van der Waals surface area contributed by atoms with Gasteiger partial charge in [0.1, 0.15) is 11.5 Å². The molecule has 2 nitrogen and oxygen atoms in total. The largest absolute Gasteiger partial charge is 0.457 e. The molecule has 0 aliphatic rings. The first-order valence-electron chi connectivity index (χ1n) is 5.62. The summed E-state index contributed by atoms with van der Waals surface area (Å²) < 4.78 is 55.1. The van der Waals surface area contributed by atoms with E-state index in [1.165, 1.54) is 42.5 Å². The smallest absolute Gasteiger partial charge is 0.419 e. The van der Waals surface area contributed by atoms with Gasteiger partial charge in [-0.25, -0.2) is 0 Å². The van der Waals surface area contributed by atoms with Gasteiger partial charge in [-0.1, -0.05) is 12.1 Å². The average Bonchev–Trinajstić information content (AvgIpc) is 2.37. The molecule has 0 radical (unpaired) electrons. The molecule has 0 unspecified atom stereocenters. The Morgan fingerprint density at radius 3 is 2.05 bits per heavy atom. The van der Waals surface area contributed by atoms with Gasteiger partial charge in [0.2, 0.25) is 0 Å². The number of rotatable bonds is 3. The average molecular weight is 355 g/mol. The van der Waals surface area contributed by atoms with Crippen molar-refractivity contribution in [1.29, 1.82) is 0 Å². The van der Waals surface area contributed by atoms with Crippen molar-refractivity contribution in [3.8, 4) is 11.5 Å². The van der Waals surface area contributed by atoms with Crippen LogP contribution in [0.25, 0.3) is 0 Å². The second-order valence-corrected chi connectivity index (χ2v) is 8.87. The molecule has 2 aromatic carbocycles. The van der Waals surface area contributed by atoms with E-state index in [2.05, 4.69) is 0 Å². The first-order valence-corrected chi connectivity index (χ1v) is 9.14. The Balaban J connectivity index is 2.29. The van der Waals surface area contributed by atoms with Crippen molar-refractivity contribution < 1.29 is 22.5 Å². The Kier molecular flexibility index (Phi) is 4.57. The normalized spacial score (nSPS) is 12.2. The number of alkyl halides is 3. The lowest BCUT2D eigenvalue weighted by molar-refractivity contribution is -0.138. The Morgan fingerprint density at radius 2 is 1.52 bits per heavy atom. The van der Waals surface area contributed by atoms with Gasteiger partial charge in [0.25, 0.3) is 5.85 Å². The molecule has 21 heavy (non-hydrogen) atoms. The van der Waals surface area contributed by atoms with Crippen LogP contribution in [0.2, 0.25) is 0 Å². The standard InChI is InChI=1S/C13H8Cl2F3O2P/c14-21(15,19)10-7-5-9(6-8-10)20-12-4-2-1-3-11(12)13(16,17)18/h1-8H. The molecule has 0 amide bonds. The molecule has 2 rings (SSSR count). The summed E-state index contributed by atoms with van der Waals surface area (Å²) in [4.78, 5) is 0. The molecule has 0 fully saturated rings. The van der Waals surface area contributed by atoms with E-state index in [0.717, 1.165) is 6.07 Å². The molecule has 2 aromatic rings. The number of benzene rings is 2. The molecule has 0 bridgehead atoms. The number of hydrogen-bond acceptors (Lipinski definition) is 2. The summed E-state index contributed by atoms with van der Waals surface area (Å²) in [6, 6.07) is 10.2. The monoisotopic (exact) mass is 354 g/mol. The number of para-hydroxylation sites is 1. The molecule has 0 aromatic heterocycles. The fraction of sp³-hybridized carbons (Fsp3) is 0.0769. The van der Waals surface area contributed by atoms with Crippen LogP contribution in [0, 0.1) is 0 Å². The summed E-state index contributed by atoms with van der Waals surface area (Å²) in [5.74, 6) is -3.62. The minimum atomic E-state index is -4.52. The van der Waals surface area contributed by atoms with Crippen LogP contribution in [0.15, 0.2) is 48.5 Å². The summed E-state index contributed by atoms with van der Waals surface area (Å²) in [6.07, 6.45) is -4.52. The Bertz CT molecular complexity index is 681. The van der Waals surface area contributed by atoms with E-state index in [0.29, 0.717) is 0 Å². The molecular formula is C13H8Cl2F3O2P. The fourth-order valence-electron chi connectivity index (χ4n) is 1.60. The molecule has 112 valence electrons. The highest BCUT2D eigenvalue weighted by Crippen LogP contribution is 2.55. The van der Waals surface area contributed by atoms with Gasteiger partial charge in [-0.3, -0.25) is 4.57 Å². The molecule has 0 saturated heterocycles. The topological polar surface area (TPSA) is 26.3 Å². The van der Waals surface area contributed by atoms with Crippen molar-refractivity contribution in [2.75, 3.05) is 0 Å². The van der Waals surface area contributed by atoms with Crippen LogP contribution in [0.3, 0.4) is 0 Å². The zero-order valence-electron chi connectivity index (χ0n) is 10.3. The second-order valence-electron chi connectivity index (χ2n) is 4.05. The lowest BCUT2D eigenvalue weighted by Gasteiger charge is -2.13. The first-order chi connectivity index (χ1) is 9.68. The van der Waals surface area contributed by atoms with Crippen LogP contribution in [0.5, 0.6) is 11.5 Å². The minimum absolute atomic E-state index is 0.150. The summed E-state index contributed by atoms with van der Waals surface area (Å²) in [5, 5.41) is 0.183. The molecule has 0 heterocycles. The van der Waals surface area contributed by atoms with E-state index < -0.39 is 17.6 Å². The third-order valence-electron chi connectivity index (χ3n) is 2.56. The van der Waals surface area contributed by atoms with Gasteiger partial charge in [0.05, 0.1) is 5.56 Å². The highest BCUT2D eigenvalue weighted by molar-refractivity contribution is 8.13. The van der Waals surface area contributed by atoms with Gasteiger partial charge in [0, 0.05) is 5.30 Å². The van der Waals surface area contributed by atoms with Crippen molar-refractivity contribution in [2.24, 2.45) is 0 Å². The number of hydrogen-bond donors (Lipinski definition) is 0. The molecule has 0 N–H and O–H groups in total. The second kappa shape index (κ2) is 5.91. The van der Waals surface area contributed by atoms with Crippen LogP contribution < -0.4 is 10.0 Å². The van der Waals surface area contributed by atoms with E-state index in [1.807, 2.05) is 0 Å². The van der Waals surface area contributed by atoms with Crippen molar-refractivity contribution >= 4 is 33.6 Å². The van der Waals surface area contributed by atoms with Crippen molar-refractivity contribution in [1.82, 2.24) is 0 Å². The maximum absolute atomic E-state index is 12.8. The quantitative estimate of drug-likeness (QED) is 0.651. The predicted molar refractivity (Wildman–Crippen MR) is 76.9 cm³/mol. The summed E-state index contributed by atoms with van der Waals surface area (Å²) in [7, 11) is 0. The first kappa shape index (κ1) is 16.2. The lowest BCUT2D eigenvalue weighted by Crippen LogP contribution is -2.07. The van der Waals surface area contributed by atoms with Crippen molar-refractivity contribution in [2.45, 2.75) is 6.18 Å². The molecule has 0 atom stereocenters. The SMILES string of the molecule is O=P(Cl)(Cl)c1ccc(Oc2ccccc2C(F)(F)F)cc1. The predicted octanol–water partition coefficient (Wildman–Crippen LogP) is 5.79. The van der Waals surface area contributed by atoms with Crippen LogP contribution in [-0.4, -0.2) is 0 Å². The minimum Gasteiger partial charge on any atom is -0.457 e. The summed E-state index contributed by atoms with van der Waals surface area (Å²) in [6.45, 7) is 0. The van der Waals surface area contributed by atoms with Crippen molar-refractivity contribution in [3.63, 3.8) is 0 Å². The molecule has 8 heteroatoms. The van der Waals surface area contributed by atoms with Crippen LogP contribution >= 0.6 is 28.3 Å². The third-order valence-corrected chi connectivity index (χ3v) is 4.63. The van der Waals surface area contributed by atoms with Crippen LogP contribution in [-0.2, 0) is 10.7 Å². The Labute approximate surface area is 128 Å². The third kappa shape index (κ3) is 4.16. The van der Waals surface area contributed by atoms with E-state index in [-0.39, 0.29) is 16.8 Å². The number of ether oxygens (including phenoxy) is 1. The van der Waals surface area contributed by atoms with E-state index in [1.54, 1.807) is 0 Å². The maximum Gasteiger partial charge on any atom is 0.419 e. The van der Waals surface area contributed by atoms with E-state index in [4.69, 9.17) is 27.2 Å². The molecule has 0 spiro atoms. The van der Waals surface area contributed by atoms with Crippen LogP contribution in [0.1, 0.15) is 5.56 Å².